The minimum absolute atomic E-state index is 0.543. The molecule has 138 valence electrons. The van der Waals surface area contributed by atoms with Crippen LogP contribution in [0.4, 0.5) is 17.5 Å². The molecular weight excluding hydrogens is 360 g/mol. The van der Waals surface area contributed by atoms with Gasteiger partial charge in [0.2, 0.25) is 5.95 Å². The van der Waals surface area contributed by atoms with Crippen LogP contribution in [-0.2, 0) is 0 Å². The van der Waals surface area contributed by atoms with Gasteiger partial charge in [0, 0.05) is 30.4 Å². The predicted octanol–water partition coefficient (Wildman–Crippen LogP) is 5.15. The summed E-state index contributed by atoms with van der Waals surface area (Å²) in [7, 11) is 1.60. The zero-order valence-corrected chi connectivity index (χ0v) is 15.9. The quantitative estimate of drug-likeness (QED) is 0.663. The van der Waals surface area contributed by atoms with Crippen LogP contribution in [0.15, 0.2) is 54.6 Å². The first kappa shape index (κ1) is 17.6. The normalized spacial score (nSPS) is 13.6. The van der Waals surface area contributed by atoms with Crippen molar-refractivity contribution in [3.05, 3.63) is 59.6 Å². The summed E-state index contributed by atoms with van der Waals surface area (Å²) in [5.41, 5.74) is 2.78. The van der Waals surface area contributed by atoms with E-state index in [0.717, 1.165) is 35.9 Å². The van der Waals surface area contributed by atoms with Gasteiger partial charge < -0.3 is 15.0 Å². The molecule has 3 aromatic rings. The van der Waals surface area contributed by atoms with Crippen molar-refractivity contribution in [2.45, 2.75) is 12.8 Å². The van der Waals surface area contributed by atoms with Crippen LogP contribution in [0.2, 0.25) is 5.02 Å². The van der Waals surface area contributed by atoms with E-state index in [1.165, 1.54) is 12.8 Å². The minimum atomic E-state index is 0.543. The van der Waals surface area contributed by atoms with Gasteiger partial charge in [-0.05, 0) is 31.0 Å². The van der Waals surface area contributed by atoms with Crippen molar-refractivity contribution in [1.29, 1.82) is 0 Å². The Hall–Kier alpha value is -2.79. The maximum absolute atomic E-state index is 6.24. The Morgan fingerprint density at radius 2 is 1.78 bits per heavy atom. The van der Waals surface area contributed by atoms with Crippen LogP contribution in [0.3, 0.4) is 0 Å². The standard InChI is InChI=1S/C21H21ClN4O/c1-27-19-10-9-16(13-17(19)22)23-21-24-18(15-7-3-2-4-8-15)14-20(25-21)26-11-5-6-12-26/h2-4,7-10,13-14H,5-6,11-12H2,1H3,(H,23,24,25). The van der Waals surface area contributed by atoms with Crippen molar-refractivity contribution >= 4 is 29.1 Å². The van der Waals surface area contributed by atoms with Crippen LogP contribution in [0.25, 0.3) is 11.3 Å². The number of benzene rings is 2. The maximum Gasteiger partial charge on any atom is 0.229 e. The molecule has 2 heterocycles. The van der Waals surface area contributed by atoms with Crippen LogP contribution in [0.5, 0.6) is 5.75 Å². The molecule has 2 aromatic carbocycles. The first-order valence-corrected chi connectivity index (χ1v) is 9.41. The average Bonchev–Trinajstić information content (AvgIpc) is 3.24. The van der Waals surface area contributed by atoms with Crippen LogP contribution in [0.1, 0.15) is 12.8 Å². The van der Waals surface area contributed by atoms with E-state index in [0.29, 0.717) is 16.7 Å². The first-order chi connectivity index (χ1) is 13.2. The summed E-state index contributed by atoms with van der Waals surface area (Å²) in [6.07, 6.45) is 2.39. The number of hydrogen-bond acceptors (Lipinski definition) is 5. The number of methoxy groups -OCH3 is 1. The molecule has 0 atom stereocenters. The van der Waals surface area contributed by atoms with Gasteiger partial charge in [-0.2, -0.15) is 4.98 Å². The highest BCUT2D eigenvalue weighted by Crippen LogP contribution is 2.30. The lowest BCUT2D eigenvalue weighted by molar-refractivity contribution is 0.415. The van der Waals surface area contributed by atoms with E-state index in [9.17, 15) is 0 Å². The molecule has 0 radical (unpaired) electrons. The number of nitrogens with zero attached hydrogens (tertiary/aromatic N) is 3. The van der Waals surface area contributed by atoms with Gasteiger partial charge in [0.25, 0.3) is 0 Å². The van der Waals surface area contributed by atoms with E-state index in [2.05, 4.69) is 28.4 Å². The minimum Gasteiger partial charge on any atom is -0.495 e. The lowest BCUT2D eigenvalue weighted by Crippen LogP contribution is -2.19. The SMILES string of the molecule is COc1ccc(Nc2nc(-c3ccccc3)cc(N3CCCC3)n2)cc1Cl. The van der Waals surface area contributed by atoms with Crippen molar-refractivity contribution in [3.63, 3.8) is 0 Å². The topological polar surface area (TPSA) is 50.3 Å². The molecule has 1 N–H and O–H groups in total. The second-order valence-electron chi connectivity index (χ2n) is 6.47. The fraction of sp³-hybridized carbons (Fsp3) is 0.238. The van der Waals surface area contributed by atoms with Gasteiger partial charge in [-0.3, -0.25) is 0 Å². The van der Waals surface area contributed by atoms with E-state index in [-0.39, 0.29) is 0 Å². The zero-order valence-electron chi connectivity index (χ0n) is 15.2. The third kappa shape index (κ3) is 3.98. The van der Waals surface area contributed by atoms with Crippen molar-refractivity contribution < 1.29 is 4.74 Å². The number of aromatic nitrogens is 2. The lowest BCUT2D eigenvalue weighted by Gasteiger charge is -2.18. The van der Waals surface area contributed by atoms with E-state index >= 15 is 0 Å². The molecule has 1 aromatic heterocycles. The van der Waals surface area contributed by atoms with E-state index in [1.54, 1.807) is 7.11 Å². The van der Waals surface area contributed by atoms with Gasteiger partial charge in [-0.15, -0.1) is 0 Å². The molecule has 1 aliphatic rings. The lowest BCUT2D eigenvalue weighted by atomic mass is 10.1. The Morgan fingerprint density at radius 1 is 1.00 bits per heavy atom. The summed E-state index contributed by atoms with van der Waals surface area (Å²) in [5, 5.41) is 3.82. The maximum atomic E-state index is 6.24. The molecule has 0 spiro atoms. The Kier molecular flexibility index (Phi) is 5.12. The number of ether oxygens (including phenoxy) is 1. The monoisotopic (exact) mass is 380 g/mol. The molecule has 1 saturated heterocycles. The molecule has 0 amide bonds. The second-order valence-corrected chi connectivity index (χ2v) is 6.88. The summed E-state index contributed by atoms with van der Waals surface area (Å²) in [5.74, 6) is 2.14. The van der Waals surface area contributed by atoms with E-state index in [4.69, 9.17) is 26.3 Å². The van der Waals surface area contributed by atoms with Crippen LogP contribution in [-0.4, -0.2) is 30.2 Å². The molecule has 5 nitrogen and oxygen atoms in total. The fourth-order valence-electron chi connectivity index (χ4n) is 3.23. The molecule has 1 aliphatic heterocycles. The van der Waals surface area contributed by atoms with Gasteiger partial charge >= 0.3 is 0 Å². The predicted molar refractivity (Wildman–Crippen MR) is 110 cm³/mol. The number of nitrogens with one attached hydrogen (secondary N) is 1. The molecule has 0 aliphatic carbocycles. The summed E-state index contributed by atoms with van der Waals surface area (Å²) in [6.45, 7) is 2.05. The summed E-state index contributed by atoms with van der Waals surface area (Å²) in [6, 6.07) is 17.8. The van der Waals surface area contributed by atoms with E-state index < -0.39 is 0 Å². The van der Waals surface area contributed by atoms with Crippen molar-refractivity contribution in [1.82, 2.24) is 9.97 Å². The summed E-state index contributed by atoms with van der Waals surface area (Å²) >= 11 is 6.24. The van der Waals surface area contributed by atoms with Crippen molar-refractivity contribution in [3.8, 4) is 17.0 Å². The summed E-state index contributed by atoms with van der Waals surface area (Å²) < 4.78 is 5.22. The van der Waals surface area contributed by atoms with Crippen LogP contribution < -0.4 is 15.0 Å². The van der Waals surface area contributed by atoms with Gasteiger partial charge in [-0.25, -0.2) is 4.98 Å². The van der Waals surface area contributed by atoms with Gasteiger partial charge in [0.15, 0.2) is 0 Å². The third-order valence-electron chi connectivity index (χ3n) is 4.62. The Labute approximate surface area is 164 Å². The second kappa shape index (κ2) is 7.84. The Bertz CT molecular complexity index is 927. The number of rotatable bonds is 5. The number of anilines is 3. The molecule has 27 heavy (non-hydrogen) atoms. The highest BCUT2D eigenvalue weighted by atomic mass is 35.5. The molecule has 1 fully saturated rings. The highest BCUT2D eigenvalue weighted by molar-refractivity contribution is 6.32. The first-order valence-electron chi connectivity index (χ1n) is 9.03. The van der Waals surface area contributed by atoms with Gasteiger partial charge in [0.05, 0.1) is 17.8 Å². The molecule has 0 bridgehead atoms. The van der Waals surface area contributed by atoms with Crippen LogP contribution in [0, 0.1) is 0 Å². The molecular formula is C21H21ClN4O. The number of hydrogen-bond donors (Lipinski definition) is 1. The van der Waals surface area contributed by atoms with Crippen LogP contribution >= 0.6 is 11.6 Å². The molecule has 0 unspecified atom stereocenters. The molecule has 4 rings (SSSR count). The smallest absolute Gasteiger partial charge is 0.229 e. The zero-order chi connectivity index (χ0) is 18.6. The average molecular weight is 381 g/mol. The van der Waals surface area contributed by atoms with Gasteiger partial charge in [-0.1, -0.05) is 41.9 Å². The van der Waals surface area contributed by atoms with Crippen molar-refractivity contribution in [2.75, 3.05) is 30.4 Å². The molecule has 6 heteroatoms. The van der Waals surface area contributed by atoms with Crippen molar-refractivity contribution in [2.24, 2.45) is 0 Å². The molecule has 0 saturated carbocycles. The van der Waals surface area contributed by atoms with E-state index in [1.807, 2.05) is 36.4 Å². The van der Waals surface area contributed by atoms with Gasteiger partial charge in [0.1, 0.15) is 11.6 Å². The fourth-order valence-corrected chi connectivity index (χ4v) is 3.49. The third-order valence-corrected chi connectivity index (χ3v) is 4.92. The largest absolute Gasteiger partial charge is 0.495 e. The summed E-state index contributed by atoms with van der Waals surface area (Å²) in [4.78, 5) is 11.8. The Morgan fingerprint density at radius 3 is 2.48 bits per heavy atom. The highest BCUT2D eigenvalue weighted by Gasteiger charge is 2.16. The number of halogens is 1. The Balaban J connectivity index is 1.70.